The molecule has 9 heteroatoms. The average Bonchev–Trinajstić information content (AvgIpc) is 3.44. The quantitative estimate of drug-likeness (QED) is 0.483. The molecule has 2 aromatic heterocycles. The summed E-state index contributed by atoms with van der Waals surface area (Å²) < 4.78 is 1.94. The normalized spacial score (nSPS) is 13.5. The van der Waals surface area contributed by atoms with Crippen molar-refractivity contribution < 1.29 is 9.59 Å². The van der Waals surface area contributed by atoms with E-state index < -0.39 is 0 Å². The number of aromatic nitrogens is 4. The summed E-state index contributed by atoms with van der Waals surface area (Å²) in [7, 11) is 0. The molecule has 3 heterocycles. The predicted octanol–water partition coefficient (Wildman–Crippen LogP) is 3.38. The molecule has 176 valence electrons. The minimum Gasteiger partial charge on any atom is -0.339 e. The van der Waals surface area contributed by atoms with E-state index in [4.69, 9.17) is 0 Å². The first-order valence-electron chi connectivity index (χ1n) is 11.4. The first-order chi connectivity index (χ1) is 17.1. The van der Waals surface area contributed by atoms with Crippen LogP contribution < -0.4 is 5.32 Å². The van der Waals surface area contributed by atoms with Gasteiger partial charge in [0.25, 0.3) is 5.91 Å². The summed E-state index contributed by atoms with van der Waals surface area (Å²) in [4.78, 5) is 40.9. The second-order valence-electron chi connectivity index (χ2n) is 8.28. The van der Waals surface area contributed by atoms with Crippen molar-refractivity contribution in [2.24, 2.45) is 0 Å². The van der Waals surface area contributed by atoms with Gasteiger partial charge in [0.1, 0.15) is 0 Å². The Labute approximate surface area is 203 Å². The smallest absolute Gasteiger partial charge is 0.253 e. The van der Waals surface area contributed by atoms with E-state index in [0.717, 1.165) is 22.6 Å². The first kappa shape index (κ1) is 22.3. The zero-order valence-corrected chi connectivity index (χ0v) is 19.3. The molecule has 2 amide bonds. The molecule has 1 aliphatic rings. The van der Waals surface area contributed by atoms with Crippen LogP contribution in [-0.4, -0.2) is 67.3 Å². The molecule has 2 aromatic carbocycles. The molecule has 1 aliphatic heterocycles. The van der Waals surface area contributed by atoms with Crippen LogP contribution in [0.25, 0.3) is 16.9 Å². The Morgan fingerprint density at radius 1 is 0.857 bits per heavy atom. The molecule has 1 saturated heterocycles. The number of carbonyl (C=O) groups excluding carboxylic acids is 2. The number of hydrogen-bond acceptors (Lipinski definition) is 6. The SMILES string of the molecule is CC(=O)N1CCN(C(=O)c2ccc(Nc3nccc(-c4ccc(-n5ccnc5)cc4)n3)cc2)CC1. The minimum absolute atomic E-state index is 0.0304. The number of nitrogens with zero attached hydrogens (tertiary/aromatic N) is 6. The highest BCUT2D eigenvalue weighted by atomic mass is 16.2. The van der Waals surface area contributed by atoms with Gasteiger partial charge in [0.05, 0.1) is 12.0 Å². The van der Waals surface area contributed by atoms with E-state index in [1.165, 1.54) is 0 Å². The Morgan fingerprint density at radius 3 is 2.23 bits per heavy atom. The van der Waals surface area contributed by atoms with Crippen LogP contribution in [0.2, 0.25) is 0 Å². The zero-order valence-electron chi connectivity index (χ0n) is 19.3. The van der Waals surface area contributed by atoms with Gasteiger partial charge in [-0.15, -0.1) is 0 Å². The molecule has 0 bridgehead atoms. The predicted molar refractivity (Wildman–Crippen MR) is 132 cm³/mol. The van der Waals surface area contributed by atoms with Crippen LogP contribution in [0.15, 0.2) is 79.5 Å². The summed E-state index contributed by atoms with van der Waals surface area (Å²) in [6, 6.07) is 17.2. The summed E-state index contributed by atoms with van der Waals surface area (Å²) in [6.45, 7) is 3.79. The topological polar surface area (TPSA) is 96.2 Å². The molecule has 1 N–H and O–H groups in total. The number of amides is 2. The van der Waals surface area contributed by atoms with Gasteiger partial charge in [-0.05, 0) is 42.5 Å². The molecular formula is C26H25N7O2. The Kier molecular flexibility index (Phi) is 6.21. The number of rotatable bonds is 5. The van der Waals surface area contributed by atoms with Crippen molar-refractivity contribution >= 4 is 23.5 Å². The van der Waals surface area contributed by atoms with Crippen LogP contribution in [0.4, 0.5) is 11.6 Å². The van der Waals surface area contributed by atoms with Crippen LogP contribution in [-0.2, 0) is 4.79 Å². The molecule has 35 heavy (non-hydrogen) atoms. The molecule has 9 nitrogen and oxygen atoms in total. The maximum atomic E-state index is 12.8. The maximum absolute atomic E-state index is 12.8. The summed E-state index contributed by atoms with van der Waals surface area (Å²) in [5.74, 6) is 0.489. The second-order valence-corrected chi connectivity index (χ2v) is 8.28. The van der Waals surface area contributed by atoms with Crippen molar-refractivity contribution in [3.63, 3.8) is 0 Å². The van der Waals surface area contributed by atoms with Crippen molar-refractivity contribution in [1.82, 2.24) is 29.3 Å². The van der Waals surface area contributed by atoms with Crippen LogP contribution in [0.1, 0.15) is 17.3 Å². The average molecular weight is 468 g/mol. The van der Waals surface area contributed by atoms with Gasteiger partial charge < -0.3 is 19.7 Å². The van der Waals surface area contributed by atoms with Crippen molar-refractivity contribution in [2.45, 2.75) is 6.92 Å². The lowest BCUT2D eigenvalue weighted by molar-refractivity contribution is -0.130. The van der Waals surface area contributed by atoms with Gasteiger partial charge in [0.2, 0.25) is 11.9 Å². The standard InChI is InChI=1S/C26H25N7O2/c1-19(34)31-14-16-32(17-15-31)25(35)21-2-6-22(7-3-21)29-26-28-11-10-24(30-26)20-4-8-23(9-5-20)33-13-12-27-18-33/h2-13,18H,14-17H2,1H3,(H,28,29,30). The minimum atomic E-state index is -0.0304. The third kappa shape index (κ3) is 5.03. The van der Waals surface area contributed by atoms with Gasteiger partial charge in [-0.2, -0.15) is 0 Å². The van der Waals surface area contributed by atoms with E-state index in [2.05, 4.69) is 20.3 Å². The number of carbonyl (C=O) groups is 2. The van der Waals surface area contributed by atoms with Crippen molar-refractivity contribution in [3.8, 4) is 16.9 Å². The van der Waals surface area contributed by atoms with Gasteiger partial charge in [0.15, 0.2) is 0 Å². The monoisotopic (exact) mass is 467 g/mol. The first-order valence-corrected chi connectivity index (χ1v) is 11.4. The molecule has 0 atom stereocenters. The molecule has 0 aliphatic carbocycles. The van der Waals surface area contributed by atoms with E-state index in [9.17, 15) is 9.59 Å². The lowest BCUT2D eigenvalue weighted by atomic mass is 10.1. The number of imidazole rings is 1. The number of piperazine rings is 1. The van der Waals surface area contributed by atoms with Gasteiger partial charge in [0, 0.05) is 74.2 Å². The summed E-state index contributed by atoms with van der Waals surface area (Å²) in [6.07, 6.45) is 7.12. The van der Waals surface area contributed by atoms with Crippen LogP contribution in [0.5, 0.6) is 0 Å². The molecule has 4 aromatic rings. The molecule has 0 spiro atoms. The largest absolute Gasteiger partial charge is 0.339 e. The van der Waals surface area contributed by atoms with Crippen molar-refractivity contribution in [2.75, 3.05) is 31.5 Å². The molecular weight excluding hydrogens is 442 g/mol. The zero-order chi connectivity index (χ0) is 24.2. The number of nitrogens with one attached hydrogen (secondary N) is 1. The summed E-state index contributed by atoms with van der Waals surface area (Å²) in [5.41, 5.74) is 4.20. The van der Waals surface area contributed by atoms with Crippen LogP contribution in [0, 0.1) is 0 Å². The lowest BCUT2D eigenvalue weighted by Gasteiger charge is -2.34. The summed E-state index contributed by atoms with van der Waals surface area (Å²) >= 11 is 0. The fraction of sp³-hybridized carbons (Fsp3) is 0.192. The molecule has 5 rings (SSSR count). The fourth-order valence-corrected chi connectivity index (χ4v) is 4.03. The maximum Gasteiger partial charge on any atom is 0.253 e. The Hall–Kier alpha value is -4.53. The number of anilines is 2. The van der Waals surface area contributed by atoms with Gasteiger partial charge >= 0.3 is 0 Å². The molecule has 0 radical (unpaired) electrons. The highest BCUT2D eigenvalue weighted by Crippen LogP contribution is 2.22. The highest BCUT2D eigenvalue weighted by molar-refractivity contribution is 5.94. The Bertz CT molecular complexity index is 1310. The van der Waals surface area contributed by atoms with Crippen LogP contribution >= 0.6 is 0 Å². The Balaban J connectivity index is 1.23. The van der Waals surface area contributed by atoms with Gasteiger partial charge in [-0.25, -0.2) is 15.0 Å². The van der Waals surface area contributed by atoms with E-state index in [1.807, 2.05) is 53.2 Å². The number of hydrogen-bond donors (Lipinski definition) is 1. The molecule has 0 unspecified atom stereocenters. The Morgan fingerprint density at radius 2 is 1.57 bits per heavy atom. The third-order valence-corrected chi connectivity index (χ3v) is 6.02. The van der Waals surface area contributed by atoms with E-state index >= 15 is 0 Å². The molecule has 0 saturated carbocycles. The van der Waals surface area contributed by atoms with Crippen LogP contribution in [0.3, 0.4) is 0 Å². The van der Waals surface area contributed by atoms with Crippen molar-refractivity contribution in [1.29, 1.82) is 0 Å². The third-order valence-electron chi connectivity index (χ3n) is 6.02. The summed E-state index contributed by atoms with van der Waals surface area (Å²) in [5, 5.41) is 3.21. The number of benzene rings is 2. The molecule has 1 fully saturated rings. The van der Waals surface area contributed by atoms with Crippen molar-refractivity contribution in [3.05, 3.63) is 85.1 Å². The van der Waals surface area contributed by atoms with Gasteiger partial charge in [-0.1, -0.05) is 12.1 Å². The second kappa shape index (κ2) is 9.76. The lowest BCUT2D eigenvalue weighted by Crippen LogP contribution is -2.50. The van der Waals surface area contributed by atoms with E-state index in [1.54, 1.807) is 47.6 Å². The fourth-order valence-electron chi connectivity index (χ4n) is 4.03. The van der Waals surface area contributed by atoms with E-state index in [-0.39, 0.29) is 11.8 Å². The van der Waals surface area contributed by atoms with E-state index in [0.29, 0.717) is 37.7 Å². The highest BCUT2D eigenvalue weighted by Gasteiger charge is 2.23. The van der Waals surface area contributed by atoms with Gasteiger partial charge in [-0.3, -0.25) is 9.59 Å².